The topological polar surface area (TPSA) is 37.3 Å². The minimum atomic E-state index is -0.783. The van der Waals surface area contributed by atoms with Crippen LogP contribution in [0.3, 0.4) is 0 Å². The van der Waals surface area contributed by atoms with Crippen LogP contribution in [-0.2, 0) is 11.2 Å². The summed E-state index contributed by atoms with van der Waals surface area (Å²) in [6.07, 6.45) is 0.111. The normalized spacial score (nSPS) is 8.50. The molecule has 0 saturated heterocycles. The van der Waals surface area contributed by atoms with Crippen molar-refractivity contribution < 1.29 is 28.8 Å². The van der Waals surface area contributed by atoms with Crippen LogP contribution in [-0.4, -0.2) is 11.1 Å². The summed E-state index contributed by atoms with van der Waals surface area (Å²) in [4.78, 5) is 10.3. The third-order valence-corrected chi connectivity index (χ3v) is 2.08. The quantitative estimate of drug-likeness (QED) is 0.591. The molecule has 1 N–H and O–H groups in total. The molecule has 0 fully saturated rings. The molecule has 0 aliphatic heterocycles. The van der Waals surface area contributed by atoms with Crippen molar-refractivity contribution in [3.63, 3.8) is 0 Å². The molecular weight excluding hydrogens is 219 g/mol. The van der Waals surface area contributed by atoms with E-state index in [1.54, 1.807) is 0 Å². The fourth-order valence-corrected chi connectivity index (χ4v) is 1.22. The van der Waals surface area contributed by atoms with Gasteiger partial charge in [-0.25, -0.2) is 0 Å². The number of aryl methyl sites for hydroxylation is 1. The largest absolute Gasteiger partial charge is 1.00 e. The van der Waals surface area contributed by atoms with Crippen LogP contribution in [0.4, 0.5) is 0 Å². The number of carboxylic acids is 1. The second-order valence-electron chi connectivity index (χ2n) is 3.63. The monoisotopic (exact) mass is 234 g/mol. The molecule has 0 saturated carbocycles. The molecule has 18 heavy (non-hydrogen) atoms. The van der Waals surface area contributed by atoms with Gasteiger partial charge in [0, 0.05) is 0 Å². The zero-order valence-corrected chi connectivity index (χ0v) is 10.8. The Kier molecular flexibility index (Phi) is 8.74. The molecule has 2 rings (SSSR count). The zero-order valence-electron chi connectivity index (χ0n) is 10.8. The molecule has 3 heteroatoms. The van der Waals surface area contributed by atoms with Gasteiger partial charge in [-0.2, -0.15) is 36.4 Å². The molecule has 0 amide bonds. The van der Waals surface area contributed by atoms with Crippen molar-refractivity contribution >= 4 is 5.97 Å². The number of rotatable bonds is 2. The van der Waals surface area contributed by atoms with Crippen LogP contribution in [0.1, 0.15) is 11.1 Å². The maximum Gasteiger partial charge on any atom is 1.00 e. The van der Waals surface area contributed by atoms with Crippen LogP contribution in [0.25, 0.3) is 0 Å². The Morgan fingerprint density at radius 2 is 1.67 bits per heavy atom. The van der Waals surface area contributed by atoms with E-state index in [-0.39, 0.29) is 25.3 Å². The number of benzene rings is 2. The van der Waals surface area contributed by atoms with Crippen molar-refractivity contribution in [2.45, 2.75) is 13.3 Å². The van der Waals surface area contributed by atoms with E-state index in [0.717, 1.165) is 11.1 Å². The van der Waals surface area contributed by atoms with Crippen LogP contribution in [0, 0.1) is 13.0 Å². The van der Waals surface area contributed by atoms with Gasteiger partial charge in [-0.1, -0.05) is 29.8 Å². The van der Waals surface area contributed by atoms with Crippen LogP contribution in [0.2, 0.25) is 0 Å². The van der Waals surface area contributed by atoms with Crippen molar-refractivity contribution in [3.05, 3.63) is 71.8 Å². The van der Waals surface area contributed by atoms with E-state index < -0.39 is 5.97 Å². The second-order valence-corrected chi connectivity index (χ2v) is 3.63. The average Bonchev–Trinajstić information content (AvgIpc) is 2.35. The van der Waals surface area contributed by atoms with E-state index in [1.165, 1.54) is 0 Å². The van der Waals surface area contributed by atoms with Crippen molar-refractivity contribution in [1.29, 1.82) is 0 Å². The molecule has 2 nitrogen and oxygen atoms in total. The van der Waals surface area contributed by atoms with Crippen LogP contribution >= 0.6 is 0 Å². The molecule has 0 bridgehead atoms. The molecule has 0 spiro atoms. The molecule has 2 aromatic carbocycles. The van der Waals surface area contributed by atoms with E-state index in [4.69, 9.17) is 5.11 Å². The van der Waals surface area contributed by atoms with Crippen molar-refractivity contribution in [1.82, 2.24) is 0 Å². The fourth-order valence-electron chi connectivity index (χ4n) is 1.22. The van der Waals surface area contributed by atoms with Gasteiger partial charge in [0.1, 0.15) is 0 Å². The van der Waals surface area contributed by atoms with E-state index in [2.05, 4.69) is 6.07 Å². The first kappa shape index (κ1) is 16.5. The zero-order chi connectivity index (χ0) is 12.5. The van der Waals surface area contributed by atoms with Crippen molar-refractivity contribution in [2.75, 3.05) is 0 Å². The third-order valence-electron chi connectivity index (χ3n) is 2.08. The first-order valence-electron chi connectivity index (χ1n) is 5.37. The molecule has 2 aromatic rings. The van der Waals surface area contributed by atoms with Crippen molar-refractivity contribution in [3.8, 4) is 0 Å². The summed E-state index contributed by atoms with van der Waals surface area (Å²) >= 11 is 0. The summed E-state index contributed by atoms with van der Waals surface area (Å²) in [7, 11) is 0. The SMILES string of the molecule is Cc1ccc(CC(=O)O)cc1.[Li+].[c-]1ccccc1. The van der Waals surface area contributed by atoms with E-state index in [9.17, 15) is 4.79 Å². The first-order valence-corrected chi connectivity index (χ1v) is 5.37. The summed E-state index contributed by atoms with van der Waals surface area (Å²) in [5.41, 5.74) is 2.00. The maximum absolute atomic E-state index is 10.3. The Bertz CT molecular complexity index is 411. The Balaban J connectivity index is 0.000000352. The van der Waals surface area contributed by atoms with Gasteiger partial charge in [0.05, 0.1) is 6.42 Å². The Morgan fingerprint density at radius 1 is 1.11 bits per heavy atom. The maximum atomic E-state index is 10.3. The van der Waals surface area contributed by atoms with Gasteiger partial charge in [-0.3, -0.25) is 4.79 Å². The van der Waals surface area contributed by atoms with Crippen LogP contribution < -0.4 is 18.9 Å². The van der Waals surface area contributed by atoms with Gasteiger partial charge < -0.3 is 5.11 Å². The number of carboxylic acid groups (broad SMARTS) is 1. The number of hydrogen-bond acceptors (Lipinski definition) is 1. The minimum Gasteiger partial charge on any atom is -0.481 e. The predicted octanol–water partition coefficient (Wildman–Crippen LogP) is 0.113. The summed E-state index contributed by atoms with van der Waals surface area (Å²) in [6.45, 7) is 1.98. The van der Waals surface area contributed by atoms with Gasteiger partial charge in [-0.05, 0) is 12.5 Å². The van der Waals surface area contributed by atoms with E-state index in [1.807, 2.05) is 61.5 Å². The van der Waals surface area contributed by atoms with Crippen LogP contribution in [0.5, 0.6) is 0 Å². The first-order chi connectivity index (χ1) is 8.18. The van der Waals surface area contributed by atoms with Gasteiger partial charge in [-0.15, -0.1) is 0 Å². The van der Waals surface area contributed by atoms with Gasteiger partial charge in [0.2, 0.25) is 0 Å². The summed E-state index contributed by atoms with van der Waals surface area (Å²) in [6, 6.07) is 20.0. The number of carbonyl (C=O) groups is 1. The van der Waals surface area contributed by atoms with Gasteiger partial charge in [0.25, 0.3) is 0 Å². The Morgan fingerprint density at radius 3 is 2.00 bits per heavy atom. The van der Waals surface area contributed by atoms with E-state index in [0.29, 0.717) is 0 Å². The molecule has 0 aliphatic rings. The minimum absolute atomic E-state index is 0. The second kappa shape index (κ2) is 9.53. The smallest absolute Gasteiger partial charge is 0.481 e. The molecule has 0 radical (unpaired) electrons. The molecule has 88 valence electrons. The predicted molar refractivity (Wildman–Crippen MR) is 67.8 cm³/mol. The average molecular weight is 234 g/mol. The molecule has 0 aromatic heterocycles. The molecule has 0 aliphatic carbocycles. The molecule has 0 unspecified atom stereocenters. The third kappa shape index (κ3) is 7.73. The number of hydrogen-bond donors (Lipinski definition) is 1. The fraction of sp³-hybridized carbons (Fsp3) is 0.133. The number of aliphatic carboxylic acids is 1. The summed E-state index contributed by atoms with van der Waals surface area (Å²) in [5, 5.41) is 8.44. The summed E-state index contributed by atoms with van der Waals surface area (Å²) in [5.74, 6) is -0.783. The molecule has 0 atom stereocenters. The molecular formula is C15H15LiO2. The Hall–Kier alpha value is -1.49. The standard InChI is InChI=1S/C9H10O2.C6H5.Li/c1-7-2-4-8(5-3-7)6-9(10)11;1-2-4-6-5-3-1;/h2-5H,6H2,1H3,(H,10,11);1-5H;/q;-1;+1. The van der Waals surface area contributed by atoms with Gasteiger partial charge >= 0.3 is 24.8 Å². The van der Waals surface area contributed by atoms with Crippen molar-refractivity contribution in [2.24, 2.45) is 0 Å². The van der Waals surface area contributed by atoms with Crippen LogP contribution in [0.15, 0.2) is 54.6 Å². The van der Waals surface area contributed by atoms with Gasteiger partial charge in [0.15, 0.2) is 0 Å². The molecule has 0 heterocycles. The summed E-state index contributed by atoms with van der Waals surface area (Å²) < 4.78 is 0. The van der Waals surface area contributed by atoms with E-state index >= 15 is 0 Å². The Labute approximate surface area is 120 Å².